The Morgan fingerprint density at radius 1 is 1.33 bits per heavy atom. The minimum absolute atomic E-state index is 0.0802. The number of hydrogen-bond acceptors (Lipinski definition) is 4. The van der Waals surface area contributed by atoms with Gasteiger partial charge in [0.25, 0.3) is 0 Å². The summed E-state index contributed by atoms with van der Waals surface area (Å²) >= 11 is 0. The molecule has 0 spiro atoms. The molecule has 98 valence electrons. The normalized spacial score (nSPS) is 27.8. The van der Waals surface area contributed by atoms with Gasteiger partial charge in [0.1, 0.15) is 11.9 Å². The third-order valence-electron chi connectivity index (χ3n) is 3.50. The smallest absolute Gasteiger partial charge is 0.375 e. The van der Waals surface area contributed by atoms with Crippen LogP contribution in [0.15, 0.2) is 18.3 Å². The largest absolute Gasteiger partial charge is 0.386 e. The molecule has 0 amide bonds. The quantitative estimate of drug-likeness (QED) is 0.659. The van der Waals surface area contributed by atoms with Gasteiger partial charge < -0.3 is 15.4 Å². The number of aromatic nitrogens is 1. The summed E-state index contributed by atoms with van der Waals surface area (Å²) in [5, 5.41) is 14.2. The number of pyridine rings is 1. The maximum atomic E-state index is 10.9. The molecule has 1 aromatic heterocycles. The van der Waals surface area contributed by atoms with Crippen molar-refractivity contribution in [3.8, 4) is 0 Å². The highest BCUT2D eigenvalue weighted by molar-refractivity contribution is 5.57. The van der Waals surface area contributed by atoms with Gasteiger partial charge in [-0.2, -0.15) is 0 Å². The molecule has 1 saturated carbocycles. The number of nitrogens with zero attached hydrogens (tertiary/aromatic N) is 2. The van der Waals surface area contributed by atoms with Gasteiger partial charge in [0.05, 0.1) is 0 Å². The highest BCUT2D eigenvalue weighted by Crippen LogP contribution is 2.32. The van der Waals surface area contributed by atoms with Gasteiger partial charge in [-0.3, -0.25) is 0 Å². The summed E-state index contributed by atoms with van der Waals surface area (Å²) in [4.78, 5) is 14.3. The number of nitro groups is 1. The first-order valence-corrected chi connectivity index (χ1v) is 6.42. The Bertz CT molecular complexity index is 426. The van der Waals surface area contributed by atoms with E-state index < -0.39 is 4.92 Å². The Balaban J connectivity index is 2.11. The van der Waals surface area contributed by atoms with Gasteiger partial charge in [-0.25, -0.2) is 0 Å². The second-order valence-corrected chi connectivity index (χ2v) is 5.39. The predicted molar refractivity (Wildman–Crippen MR) is 70.5 cm³/mol. The van der Waals surface area contributed by atoms with Crippen molar-refractivity contribution >= 4 is 11.5 Å². The third kappa shape index (κ3) is 2.97. The summed E-state index contributed by atoms with van der Waals surface area (Å²) in [7, 11) is 0. The molecule has 18 heavy (non-hydrogen) atoms. The Labute approximate surface area is 107 Å². The molecule has 2 atom stereocenters. The van der Waals surface area contributed by atoms with Crippen LogP contribution in [0.1, 0.15) is 33.1 Å². The summed E-state index contributed by atoms with van der Waals surface area (Å²) < 4.78 is 0. The van der Waals surface area contributed by atoms with Crippen LogP contribution in [0.4, 0.5) is 11.5 Å². The number of nitrogens with one attached hydrogen (secondary N) is 1. The highest BCUT2D eigenvalue weighted by Gasteiger charge is 2.25. The molecular weight excluding hydrogens is 230 g/mol. The Morgan fingerprint density at radius 2 is 2.00 bits per heavy atom. The lowest BCUT2D eigenvalue weighted by Gasteiger charge is -2.32. The van der Waals surface area contributed by atoms with Crippen LogP contribution in [0.2, 0.25) is 0 Å². The number of rotatable bonds is 3. The van der Waals surface area contributed by atoms with Gasteiger partial charge in [0.15, 0.2) is 0 Å². The van der Waals surface area contributed by atoms with Crippen molar-refractivity contribution in [3.63, 3.8) is 0 Å². The van der Waals surface area contributed by atoms with Crippen LogP contribution < -0.4 is 5.32 Å². The Hall–Kier alpha value is -1.65. The van der Waals surface area contributed by atoms with E-state index >= 15 is 0 Å². The van der Waals surface area contributed by atoms with Crippen molar-refractivity contribution in [2.24, 2.45) is 11.8 Å². The molecule has 5 nitrogen and oxygen atoms in total. The molecule has 0 aromatic carbocycles. The average Bonchev–Trinajstić information content (AvgIpc) is 2.27. The summed E-state index contributed by atoms with van der Waals surface area (Å²) in [6.07, 6.45) is 4.83. The summed E-state index contributed by atoms with van der Waals surface area (Å²) in [6, 6.07) is 3.77. The molecule has 1 aliphatic carbocycles. The number of anilines is 1. The molecule has 1 fully saturated rings. The topological polar surface area (TPSA) is 68.1 Å². The van der Waals surface area contributed by atoms with E-state index in [0.29, 0.717) is 23.6 Å². The third-order valence-corrected chi connectivity index (χ3v) is 3.50. The molecule has 5 heteroatoms. The molecule has 2 rings (SSSR count). The molecule has 0 radical (unpaired) electrons. The molecule has 1 heterocycles. The zero-order valence-corrected chi connectivity index (χ0v) is 10.8. The van der Waals surface area contributed by atoms with Crippen molar-refractivity contribution in [3.05, 3.63) is 28.4 Å². The average molecular weight is 249 g/mol. The monoisotopic (exact) mass is 249 g/mol. The maximum Gasteiger partial charge on any atom is 0.386 e. The SMILES string of the molecule is CC1CC(C)CC(Nc2cccnc2[N+](=O)[O-])C1. The molecule has 2 unspecified atom stereocenters. The second-order valence-electron chi connectivity index (χ2n) is 5.39. The minimum atomic E-state index is -0.433. The zero-order valence-electron chi connectivity index (χ0n) is 10.8. The molecule has 1 aliphatic rings. The predicted octanol–water partition coefficient (Wildman–Crippen LogP) is 3.23. The fourth-order valence-electron chi connectivity index (χ4n) is 2.94. The molecule has 1 aromatic rings. The van der Waals surface area contributed by atoms with Crippen molar-refractivity contribution in [1.82, 2.24) is 4.98 Å². The fraction of sp³-hybridized carbons (Fsp3) is 0.615. The molecular formula is C13H19N3O2. The van der Waals surface area contributed by atoms with Crippen LogP contribution >= 0.6 is 0 Å². The van der Waals surface area contributed by atoms with E-state index in [1.54, 1.807) is 12.1 Å². The van der Waals surface area contributed by atoms with Crippen molar-refractivity contribution < 1.29 is 4.92 Å². The first-order chi connectivity index (χ1) is 8.56. The molecule has 0 saturated heterocycles. The summed E-state index contributed by atoms with van der Waals surface area (Å²) in [6.45, 7) is 4.48. The number of hydrogen-bond donors (Lipinski definition) is 1. The van der Waals surface area contributed by atoms with E-state index in [-0.39, 0.29) is 5.82 Å². The van der Waals surface area contributed by atoms with Crippen LogP contribution in [-0.4, -0.2) is 15.9 Å². The van der Waals surface area contributed by atoms with E-state index in [9.17, 15) is 10.1 Å². The maximum absolute atomic E-state index is 10.9. The van der Waals surface area contributed by atoms with Crippen molar-refractivity contribution in [2.75, 3.05) is 5.32 Å². The van der Waals surface area contributed by atoms with E-state index in [1.807, 2.05) is 0 Å². The van der Waals surface area contributed by atoms with Crippen LogP contribution in [0.3, 0.4) is 0 Å². The van der Waals surface area contributed by atoms with Gasteiger partial charge >= 0.3 is 5.82 Å². The summed E-state index contributed by atoms with van der Waals surface area (Å²) in [5.41, 5.74) is 0.536. The minimum Gasteiger partial charge on any atom is -0.375 e. The van der Waals surface area contributed by atoms with Gasteiger partial charge in [0.2, 0.25) is 0 Å². The van der Waals surface area contributed by atoms with Crippen LogP contribution in [0.5, 0.6) is 0 Å². The molecule has 0 aliphatic heterocycles. The molecule has 0 bridgehead atoms. The van der Waals surface area contributed by atoms with Crippen LogP contribution in [0.25, 0.3) is 0 Å². The van der Waals surface area contributed by atoms with Crippen LogP contribution in [0, 0.1) is 22.0 Å². The van der Waals surface area contributed by atoms with Gasteiger partial charge in [-0.15, -0.1) is 0 Å². The lowest BCUT2D eigenvalue weighted by Crippen LogP contribution is -2.30. The van der Waals surface area contributed by atoms with Crippen LogP contribution in [-0.2, 0) is 0 Å². The van der Waals surface area contributed by atoms with E-state index in [2.05, 4.69) is 24.1 Å². The van der Waals surface area contributed by atoms with Gasteiger partial charge in [-0.1, -0.05) is 13.8 Å². The van der Waals surface area contributed by atoms with Gasteiger partial charge in [-0.05, 0) is 53.1 Å². The van der Waals surface area contributed by atoms with E-state index in [0.717, 1.165) is 12.8 Å². The first kappa shape index (κ1) is 12.8. The molecule has 1 N–H and O–H groups in total. The Morgan fingerprint density at radius 3 is 2.61 bits per heavy atom. The highest BCUT2D eigenvalue weighted by atomic mass is 16.6. The first-order valence-electron chi connectivity index (χ1n) is 6.42. The van der Waals surface area contributed by atoms with Gasteiger partial charge in [0, 0.05) is 6.04 Å². The fourth-order valence-corrected chi connectivity index (χ4v) is 2.94. The zero-order chi connectivity index (χ0) is 13.1. The van der Waals surface area contributed by atoms with Crippen molar-refractivity contribution in [2.45, 2.75) is 39.2 Å². The Kier molecular flexibility index (Phi) is 3.79. The van der Waals surface area contributed by atoms with Crippen molar-refractivity contribution in [1.29, 1.82) is 0 Å². The summed E-state index contributed by atoms with van der Waals surface area (Å²) in [5.74, 6) is 1.26. The van der Waals surface area contributed by atoms with E-state index in [4.69, 9.17) is 0 Å². The standard InChI is InChI=1S/C13H19N3O2/c1-9-6-10(2)8-11(7-9)15-12-4-3-5-14-13(12)16(17)18/h3-5,9-11,15H,6-8H2,1-2H3. The van der Waals surface area contributed by atoms with E-state index in [1.165, 1.54) is 12.6 Å². The lowest BCUT2D eigenvalue weighted by molar-refractivity contribution is -0.388. The lowest BCUT2D eigenvalue weighted by atomic mass is 9.80. The second kappa shape index (κ2) is 5.33.